The average molecular weight is 373 g/mol. The number of thiazole rings is 1. The fraction of sp³-hybridized carbons (Fsp3) is 0.100. The summed E-state index contributed by atoms with van der Waals surface area (Å²) in [5.74, 6) is 6.78. The first-order valence-corrected chi connectivity index (χ1v) is 9.13. The molecule has 0 fully saturated rings. The van der Waals surface area contributed by atoms with E-state index in [0.717, 1.165) is 16.8 Å². The van der Waals surface area contributed by atoms with E-state index in [2.05, 4.69) is 31.8 Å². The number of hydrogen-bond donors (Lipinski definition) is 2. The lowest BCUT2D eigenvalue weighted by Gasteiger charge is -2.06. The van der Waals surface area contributed by atoms with Crippen molar-refractivity contribution in [2.75, 3.05) is 5.73 Å². The van der Waals surface area contributed by atoms with Gasteiger partial charge in [0.15, 0.2) is 11.9 Å². The molecule has 0 radical (unpaired) electrons. The Morgan fingerprint density at radius 3 is 2.85 bits per heavy atom. The number of anilines is 1. The molecule has 0 spiro atoms. The van der Waals surface area contributed by atoms with Gasteiger partial charge in [0.1, 0.15) is 11.3 Å². The van der Waals surface area contributed by atoms with E-state index in [4.69, 9.17) is 5.73 Å². The van der Waals surface area contributed by atoms with Crippen molar-refractivity contribution in [3.05, 3.63) is 64.4 Å². The maximum atomic E-state index is 10.1. The molecule has 3 aromatic heterocycles. The van der Waals surface area contributed by atoms with Crippen LogP contribution in [-0.2, 0) is 0 Å². The molecule has 0 aliphatic carbocycles. The van der Waals surface area contributed by atoms with Crippen molar-refractivity contribution in [2.45, 2.75) is 13.0 Å². The fourth-order valence-electron chi connectivity index (χ4n) is 2.66. The number of aliphatic hydroxyl groups is 1. The summed E-state index contributed by atoms with van der Waals surface area (Å²) in [6.45, 7) is 1.80. The quantitative estimate of drug-likeness (QED) is 0.524. The molecule has 0 saturated heterocycles. The molecule has 1 atom stereocenters. The van der Waals surface area contributed by atoms with Gasteiger partial charge in [0.05, 0.1) is 22.4 Å². The molecule has 3 N–H and O–H groups in total. The van der Waals surface area contributed by atoms with Crippen LogP contribution in [0.2, 0.25) is 0 Å². The van der Waals surface area contributed by atoms with Gasteiger partial charge in [-0.1, -0.05) is 24.0 Å². The van der Waals surface area contributed by atoms with Crippen LogP contribution >= 0.6 is 11.3 Å². The molecule has 132 valence electrons. The van der Waals surface area contributed by atoms with Gasteiger partial charge in [-0.25, -0.2) is 19.9 Å². The number of hydrogen-bond acceptors (Lipinski definition) is 7. The summed E-state index contributed by atoms with van der Waals surface area (Å²) in [4.78, 5) is 17.2. The summed E-state index contributed by atoms with van der Waals surface area (Å²) in [5.41, 5.74) is 11.9. The fourth-order valence-corrected chi connectivity index (χ4v) is 3.23. The molecular weight excluding hydrogens is 358 g/mol. The number of aromatic nitrogens is 4. The minimum absolute atomic E-state index is 0.363. The molecule has 3 heterocycles. The zero-order valence-corrected chi connectivity index (χ0v) is 15.2. The van der Waals surface area contributed by atoms with Crippen molar-refractivity contribution in [3.8, 4) is 23.1 Å². The number of aliphatic hydroxyl groups excluding tert-OH is 1. The summed E-state index contributed by atoms with van der Waals surface area (Å²) in [6.07, 6.45) is -0.904. The molecule has 0 aliphatic rings. The van der Waals surface area contributed by atoms with Gasteiger partial charge in [-0.15, -0.1) is 11.3 Å². The predicted molar refractivity (Wildman–Crippen MR) is 106 cm³/mol. The van der Waals surface area contributed by atoms with Crippen LogP contribution in [0.1, 0.15) is 23.2 Å². The van der Waals surface area contributed by atoms with E-state index in [1.807, 2.05) is 36.4 Å². The van der Waals surface area contributed by atoms with Gasteiger partial charge in [0.2, 0.25) is 0 Å². The van der Waals surface area contributed by atoms with Gasteiger partial charge in [-0.3, -0.25) is 0 Å². The second kappa shape index (κ2) is 7.11. The van der Waals surface area contributed by atoms with Crippen molar-refractivity contribution < 1.29 is 5.11 Å². The second-order valence-electron chi connectivity index (χ2n) is 5.89. The Labute approximate surface area is 159 Å². The molecule has 0 bridgehead atoms. The minimum atomic E-state index is -0.904. The topological polar surface area (TPSA) is 97.8 Å². The largest absolute Gasteiger partial charge is 0.382 e. The SMILES string of the molecule is Cc1nc(N)c2nc(-c3cccc(C#C[C@H](O)c4cscn4)c3)ccc2n1. The van der Waals surface area contributed by atoms with Gasteiger partial charge >= 0.3 is 0 Å². The maximum Gasteiger partial charge on any atom is 0.158 e. The van der Waals surface area contributed by atoms with E-state index in [-0.39, 0.29) is 0 Å². The zero-order chi connectivity index (χ0) is 18.8. The zero-order valence-electron chi connectivity index (χ0n) is 14.4. The van der Waals surface area contributed by atoms with Crippen LogP contribution in [-0.4, -0.2) is 25.0 Å². The molecule has 1 aromatic carbocycles. The van der Waals surface area contributed by atoms with Crippen LogP contribution in [0.15, 0.2) is 47.3 Å². The number of aryl methyl sites for hydroxylation is 1. The van der Waals surface area contributed by atoms with E-state index in [9.17, 15) is 5.11 Å². The highest BCUT2D eigenvalue weighted by Crippen LogP contribution is 2.23. The second-order valence-corrected chi connectivity index (χ2v) is 6.60. The standard InChI is InChI=1S/C20H15N5OS/c1-12-23-16-7-6-15(25-19(16)20(21)24-12)14-4-2-3-13(9-14)5-8-18(26)17-10-27-11-22-17/h2-4,6-7,9-11,18,26H,1H3,(H2,21,23,24)/t18-/m0/s1. The molecule has 0 aliphatic heterocycles. The van der Waals surface area contributed by atoms with Crippen LogP contribution in [0, 0.1) is 18.8 Å². The molecule has 7 heteroatoms. The third-order valence-electron chi connectivity index (χ3n) is 3.92. The number of nitrogens with zero attached hydrogens (tertiary/aromatic N) is 4. The number of benzene rings is 1. The number of pyridine rings is 1. The summed E-state index contributed by atoms with van der Waals surface area (Å²) in [5, 5.41) is 11.8. The summed E-state index contributed by atoms with van der Waals surface area (Å²) < 4.78 is 0. The Morgan fingerprint density at radius 2 is 2.04 bits per heavy atom. The Hall–Kier alpha value is -3.34. The van der Waals surface area contributed by atoms with Crippen molar-refractivity contribution in [1.29, 1.82) is 0 Å². The molecule has 27 heavy (non-hydrogen) atoms. The normalized spacial score (nSPS) is 11.8. The number of nitrogen functional groups attached to an aromatic ring is 1. The highest BCUT2D eigenvalue weighted by atomic mass is 32.1. The molecule has 0 amide bonds. The van der Waals surface area contributed by atoms with Gasteiger partial charge in [0, 0.05) is 16.5 Å². The lowest BCUT2D eigenvalue weighted by molar-refractivity contribution is 0.234. The van der Waals surface area contributed by atoms with E-state index in [0.29, 0.717) is 28.4 Å². The lowest BCUT2D eigenvalue weighted by Crippen LogP contribution is -1.99. The molecule has 0 unspecified atom stereocenters. The predicted octanol–water partition coefficient (Wildman–Crippen LogP) is 3.12. The van der Waals surface area contributed by atoms with Crippen LogP contribution in [0.4, 0.5) is 5.82 Å². The molecular formula is C20H15N5OS. The minimum Gasteiger partial charge on any atom is -0.382 e. The van der Waals surface area contributed by atoms with Crippen molar-refractivity contribution in [2.24, 2.45) is 0 Å². The molecule has 4 aromatic rings. The first-order valence-electron chi connectivity index (χ1n) is 8.19. The number of fused-ring (bicyclic) bond motifs is 1. The Balaban J connectivity index is 1.68. The first-order chi connectivity index (χ1) is 13.1. The lowest BCUT2D eigenvalue weighted by atomic mass is 10.1. The maximum absolute atomic E-state index is 10.1. The average Bonchev–Trinajstić information content (AvgIpc) is 3.21. The highest BCUT2D eigenvalue weighted by molar-refractivity contribution is 7.07. The van der Waals surface area contributed by atoms with Crippen LogP contribution in [0.25, 0.3) is 22.3 Å². The van der Waals surface area contributed by atoms with Crippen LogP contribution < -0.4 is 5.73 Å². The third kappa shape index (κ3) is 3.62. The van der Waals surface area contributed by atoms with Gasteiger partial charge in [0.25, 0.3) is 0 Å². The van der Waals surface area contributed by atoms with Crippen molar-refractivity contribution >= 4 is 28.2 Å². The van der Waals surface area contributed by atoms with Crippen LogP contribution in [0.3, 0.4) is 0 Å². The molecule has 4 rings (SSSR count). The third-order valence-corrected chi connectivity index (χ3v) is 4.53. The molecule has 0 saturated carbocycles. The summed E-state index contributed by atoms with van der Waals surface area (Å²) >= 11 is 1.42. The van der Waals surface area contributed by atoms with E-state index in [1.165, 1.54) is 11.3 Å². The van der Waals surface area contributed by atoms with Crippen molar-refractivity contribution in [3.63, 3.8) is 0 Å². The van der Waals surface area contributed by atoms with Gasteiger partial charge in [-0.2, -0.15) is 0 Å². The smallest absolute Gasteiger partial charge is 0.158 e. The first kappa shape index (κ1) is 17.1. The summed E-state index contributed by atoms with van der Waals surface area (Å²) in [7, 11) is 0. The van der Waals surface area contributed by atoms with E-state index < -0.39 is 6.10 Å². The Morgan fingerprint density at radius 1 is 1.15 bits per heavy atom. The van der Waals surface area contributed by atoms with Gasteiger partial charge in [-0.05, 0) is 31.2 Å². The number of nitrogens with two attached hydrogens (primary N) is 1. The summed E-state index contributed by atoms with van der Waals surface area (Å²) in [6, 6.07) is 11.4. The van der Waals surface area contributed by atoms with Crippen LogP contribution in [0.5, 0.6) is 0 Å². The van der Waals surface area contributed by atoms with Crippen molar-refractivity contribution in [1.82, 2.24) is 19.9 Å². The van der Waals surface area contributed by atoms with Gasteiger partial charge < -0.3 is 10.8 Å². The van der Waals surface area contributed by atoms with E-state index in [1.54, 1.807) is 17.8 Å². The number of rotatable bonds is 2. The Kier molecular flexibility index (Phi) is 4.50. The van der Waals surface area contributed by atoms with E-state index >= 15 is 0 Å². The highest BCUT2D eigenvalue weighted by Gasteiger charge is 2.08. The molecule has 6 nitrogen and oxygen atoms in total. The Bertz CT molecular complexity index is 1180. The monoisotopic (exact) mass is 373 g/mol.